The van der Waals surface area contributed by atoms with Crippen molar-refractivity contribution in [1.29, 1.82) is 0 Å². The van der Waals surface area contributed by atoms with Gasteiger partial charge in [0.2, 0.25) is 5.43 Å². The van der Waals surface area contributed by atoms with Crippen molar-refractivity contribution in [3.63, 3.8) is 0 Å². The molecule has 3 rings (SSSR count). The first kappa shape index (κ1) is 20.0. The number of nitrogens with zero attached hydrogens (tertiary/aromatic N) is 1. The van der Waals surface area contributed by atoms with Crippen molar-refractivity contribution < 1.29 is 9.63 Å². The molecular weight excluding hydrogens is 376 g/mol. The molecule has 6 heteroatoms. The van der Waals surface area contributed by atoms with Gasteiger partial charge in [-0.2, -0.15) is 4.73 Å². The topological polar surface area (TPSA) is 60.3 Å². The summed E-state index contributed by atoms with van der Waals surface area (Å²) in [5.41, 5.74) is 1.30. The zero-order chi connectivity index (χ0) is 19.9. The van der Waals surface area contributed by atoms with E-state index in [1.165, 1.54) is 10.9 Å². The van der Waals surface area contributed by atoms with Crippen LogP contribution in [0.1, 0.15) is 42.1 Å². The molecule has 3 aromatic rings. The molecule has 1 N–H and O–H groups in total. The van der Waals surface area contributed by atoms with Crippen LogP contribution in [0.25, 0.3) is 10.9 Å². The summed E-state index contributed by atoms with van der Waals surface area (Å²) in [4.78, 5) is 31.3. The monoisotopic (exact) mass is 398 g/mol. The van der Waals surface area contributed by atoms with Crippen LogP contribution in [0.5, 0.6) is 0 Å². The smallest absolute Gasteiger partial charge is 0.257 e. The van der Waals surface area contributed by atoms with Gasteiger partial charge in [-0.25, -0.2) is 0 Å². The second-order valence-corrected chi connectivity index (χ2v) is 7.00. The average Bonchev–Trinajstić information content (AvgIpc) is 2.72. The van der Waals surface area contributed by atoms with Crippen molar-refractivity contribution in [3.05, 3.63) is 81.1 Å². The molecule has 28 heavy (non-hydrogen) atoms. The zero-order valence-corrected chi connectivity index (χ0v) is 16.5. The number of unbranched alkanes of at least 4 members (excludes halogenated alkanes) is 2. The Bertz CT molecular complexity index is 1010. The molecule has 0 fully saturated rings. The second kappa shape index (κ2) is 9.42. The molecule has 0 aliphatic carbocycles. The highest BCUT2D eigenvalue weighted by Crippen LogP contribution is 2.12. The first-order valence-electron chi connectivity index (χ1n) is 9.40. The highest BCUT2D eigenvalue weighted by molar-refractivity contribution is 6.30. The minimum Gasteiger partial charge on any atom is -0.414 e. The summed E-state index contributed by atoms with van der Waals surface area (Å²) < 4.78 is 1.53. The maximum atomic E-state index is 12.8. The summed E-state index contributed by atoms with van der Waals surface area (Å²) in [7, 11) is 0. The number of para-hydroxylation sites is 1. The number of amides is 1. The SMILES string of the molecule is CCCCCOn1cc(C(=O)NCc2ccc(Cl)cc2)c(=O)c2ccccc21. The Morgan fingerprint density at radius 1 is 1.11 bits per heavy atom. The highest BCUT2D eigenvalue weighted by atomic mass is 35.5. The van der Waals surface area contributed by atoms with Gasteiger partial charge in [0.05, 0.1) is 11.7 Å². The van der Waals surface area contributed by atoms with E-state index in [1.807, 2.05) is 24.3 Å². The van der Waals surface area contributed by atoms with Crippen LogP contribution in [-0.2, 0) is 6.54 Å². The molecule has 0 radical (unpaired) electrons. The van der Waals surface area contributed by atoms with Gasteiger partial charge in [-0.1, -0.05) is 55.6 Å². The van der Waals surface area contributed by atoms with Crippen LogP contribution in [0.2, 0.25) is 5.02 Å². The average molecular weight is 399 g/mol. The van der Waals surface area contributed by atoms with E-state index in [0.717, 1.165) is 24.8 Å². The summed E-state index contributed by atoms with van der Waals surface area (Å²) in [6.07, 6.45) is 4.54. The van der Waals surface area contributed by atoms with Gasteiger partial charge < -0.3 is 10.2 Å². The van der Waals surface area contributed by atoms with E-state index < -0.39 is 5.91 Å². The Balaban J connectivity index is 1.84. The van der Waals surface area contributed by atoms with Crippen LogP contribution in [0, 0.1) is 0 Å². The summed E-state index contributed by atoms with van der Waals surface area (Å²) >= 11 is 5.88. The number of rotatable bonds is 8. The lowest BCUT2D eigenvalue weighted by molar-refractivity contribution is 0.0934. The summed E-state index contributed by atoms with van der Waals surface area (Å²) in [5, 5.41) is 3.88. The first-order valence-corrected chi connectivity index (χ1v) is 9.78. The van der Waals surface area contributed by atoms with Crippen molar-refractivity contribution in [2.45, 2.75) is 32.7 Å². The molecule has 1 amide bonds. The van der Waals surface area contributed by atoms with Crippen LogP contribution in [0.3, 0.4) is 0 Å². The lowest BCUT2D eigenvalue weighted by Gasteiger charge is -2.14. The standard InChI is InChI=1S/C22H23ClN2O3/c1-2-3-6-13-28-25-15-19(21(26)18-7-4-5-8-20(18)25)22(27)24-14-16-9-11-17(23)12-10-16/h4-5,7-12,15H,2-3,6,13-14H2,1H3,(H,24,27). The zero-order valence-electron chi connectivity index (χ0n) is 15.8. The molecule has 0 saturated heterocycles. The van der Waals surface area contributed by atoms with Crippen molar-refractivity contribution in [1.82, 2.24) is 10.0 Å². The van der Waals surface area contributed by atoms with Crippen LogP contribution >= 0.6 is 11.6 Å². The van der Waals surface area contributed by atoms with Crippen molar-refractivity contribution in [3.8, 4) is 0 Å². The molecule has 0 saturated carbocycles. The Morgan fingerprint density at radius 2 is 1.86 bits per heavy atom. The van der Waals surface area contributed by atoms with Gasteiger partial charge >= 0.3 is 0 Å². The molecule has 0 bridgehead atoms. The number of hydrogen-bond donors (Lipinski definition) is 1. The Labute approximate surface area is 168 Å². The number of benzene rings is 2. The van der Waals surface area contributed by atoms with Gasteiger partial charge in [-0.05, 0) is 36.2 Å². The third kappa shape index (κ3) is 4.73. The fraction of sp³-hybridized carbons (Fsp3) is 0.273. The minimum absolute atomic E-state index is 0.0585. The van der Waals surface area contributed by atoms with Gasteiger partial charge in [0.1, 0.15) is 12.2 Å². The molecule has 2 aromatic carbocycles. The van der Waals surface area contributed by atoms with E-state index >= 15 is 0 Å². The number of hydrogen-bond acceptors (Lipinski definition) is 3. The third-order valence-electron chi connectivity index (χ3n) is 4.47. The van der Waals surface area contributed by atoms with E-state index in [-0.39, 0.29) is 11.0 Å². The number of halogens is 1. The maximum absolute atomic E-state index is 12.8. The summed E-state index contributed by atoms with van der Waals surface area (Å²) in [6, 6.07) is 14.3. The molecule has 0 aliphatic rings. The molecule has 146 valence electrons. The van der Waals surface area contributed by atoms with E-state index in [1.54, 1.807) is 24.3 Å². The normalized spacial score (nSPS) is 10.8. The lowest BCUT2D eigenvalue weighted by atomic mass is 10.1. The van der Waals surface area contributed by atoms with E-state index in [9.17, 15) is 9.59 Å². The summed E-state index contributed by atoms with van der Waals surface area (Å²) in [5.74, 6) is -0.434. The Kier molecular flexibility index (Phi) is 6.71. The number of pyridine rings is 1. The van der Waals surface area contributed by atoms with Gasteiger partial charge in [-0.3, -0.25) is 9.59 Å². The van der Waals surface area contributed by atoms with E-state index in [4.69, 9.17) is 16.4 Å². The predicted octanol–water partition coefficient (Wildman–Crippen LogP) is 4.20. The molecule has 0 spiro atoms. The number of fused-ring (bicyclic) bond motifs is 1. The number of nitrogens with one attached hydrogen (secondary N) is 1. The van der Waals surface area contributed by atoms with E-state index in [2.05, 4.69) is 12.2 Å². The Hall–Kier alpha value is -2.79. The van der Waals surface area contributed by atoms with Gasteiger partial charge in [0, 0.05) is 17.0 Å². The van der Waals surface area contributed by atoms with Crippen LogP contribution in [0.4, 0.5) is 0 Å². The summed E-state index contributed by atoms with van der Waals surface area (Å²) in [6.45, 7) is 2.95. The fourth-order valence-electron chi connectivity index (χ4n) is 2.91. The van der Waals surface area contributed by atoms with Gasteiger partial charge in [-0.15, -0.1) is 0 Å². The molecule has 1 heterocycles. The van der Waals surface area contributed by atoms with Crippen molar-refractivity contribution in [2.24, 2.45) is 0 Å². The fourth-order valence-corrected chi connectivity index (χ4v) is 3.04. The van der Waals surface area contributed by atoms with Crippen LogP contribution in [-0.4, -0.2) is 17.2 Å². The molecule has 0 unspecified atom stereocenters. The van der Waals surface area contributed by atoms with Gasteiger partial charge in [0.25, 0.3) is 5.91 Å². The number of aromatic nitrogens is 1. The first-order chi connectivity index (χ1) is 13.6. The third-order valence-corrected chi connectivity index (χ3v) is 4.72. The predicted molar refractivity (Wildman–Crippen MR) is 112 cm³/mol. The highest BCUT2D eigenvalue weighted by Gasteiger charge is 2.16. The largest absolute Gasteiger partial charge is 0.414 e. The minimum atomic E-state index is -0.434. The lowest BCUT2D eigenvalue weighted by Crippen LogP contribution is -2.30. The number of carbonyl (C=O) groups excluding carboxylic acids is 1. The van der Waals surface area contributed by atoms with E-state index in [0.29, 0.717) is 29.1 Å². The Morgan fingerprint density at radius 3 is 2.61 bits per heavy atom. The quantitative estimate of drug-likeness (QED) is 0.578. The van der Waals surface area contributed by atoms with Gasteiger partial charge in [0.15, 0.2) is 0 Å². The molecule has 1 aromatic heterocycles. The van der Waals surface area contributed by atoms with Crippen LogP contribution < -0.4 is 15.6 Å². The molecule has 0 aliphatic heterocycles. The van der Waals surface area contributed by atoms with Crippen molar-refractivity contribution in [2.75, 3.05) is 6.61 Å². The second-order valence-electron chi connectivity index (χ2n) is 6.56. The molecule has 0 atom stereocenters. The maximum Gasteiger partial charge on any atom is 0.257 e. The van der Waals surface area contributed by atoms with Crippen molar-refractivity contribution >= 4 is 28.4 Å². The van der Waals surface area contributed by atoms with Crippen LogP contribution in [0.15, 0.2) is 59.5 Å². The molecular formula is C22H23ClN2O3. The number of carbonyl (C=O) groups is 1. The molecule has 5 nitrogen and oxygen atoms in total.